The maximum atomic E-state index is 12.2. The average Bonchev–Trinajstić information content (AvgIpc) is 2.70. The molecule has 1 aliphatic carbocycles. The molecule has 0 heterocycles. The number of hydrogen-bond donors (Lipinski definition) is 2. The van der Waals surface area contributed by atoms with Crippen LogP contribution in [-0.2, 0) is 14.3 Å². The summed E-state index contributed by atoms with van der Waals surface area (Å²) < 4.78 is 9.96. The fourth-order valence-electron chi connectivity index (χ4n) is 3.50. The van der Waals surface area contributed by atoms with Gasteiger partial charge in [-0.2, -0.15) is 0 Å². The topological polar surface area (TPSA) is 120 Å². The average molecular weight is 407 g/mol. The van der Waals surface area contributed by atoms with Gasteiger partial charge in [0, 0.05) is 25.8 Å². The minimum absolute atomic E-state index is 0.0152. The molecule has 29 heavy (non-hydrogen) atoms. The largest absolute Gasteiger partial charge is 0.452 e. The van der Waals surface area contributed by atoms with Crippen LogP contribution in [0, 0.1) is 22.0 Å². The van der Waals surface area contributed by atoms with Gasteiger partial charge in [-0.15, -0.1) is 0 Å². The van der Waals surface area contributed by atoms with Crippen molar-refractivity contribution in [3.05, 3.63) is 33.9 Å². The van der Waals surface area contributed by atoms with Gasteiger partial charge in [-0.3, -0.25) is 14.9 Å². The summed E-state index contributed by atoms with van der Waals surface area (Å²) in [7, 11) is 1.53. The lowest BCUT2D eigenvalue weighted by molar-refractivity contribution is -0.384. The number of nitro benzene ring substituents is 1. The number of amides is 1. The van der Waals surface area contributed by atoms with Crippen molar-refractivity contribution in [1.82, 2.24) is 5.32 Å². The Kier molecular flexibility index (Phi) is 8.38. The first-order chi connectivity index (χ1) is 13.8. The number of nitrogens with one attached hydrogen (secondary N) is 2. The molecule has 0 bridgehead atoms. The zero-order valence-corrected chi connectivity index (χ0v) is 17.1. The second-order valence-electron chi connectivity index (χ2n) is 7.43. The van der Waals surface area contributed by atoms with E-state index in [2.05, 4.69) is 24.5 Å². The highest BCUT2D eigenvalue weighted by Gasteiger charge is 2.28. The summed E-state index contributed by atoms with van der Waals surface area (Å²) in [4.78, 5) is 35.1. The summed E-state index contributed by atoms with van der Waals surface area (Å²) in [5.74, 6) is -0.245. The number of anilines is 1. The van der Waals surface area contributed by atoms with Crippen LogP contribution in [0.2, 0.25) is 0 Å². The van der Waals surface area contributed by atoms with Crippen molar-refractivity contribution in [2.45, 2.75) is 39.2 Å². The lowest BCUT2D eigenvalue weighted by atomic mass is 9.78. The summed E-state index contributed by atoms with van der Waals surface area (Å²) in [5, 5.41) is 17.1. The lowest BCUT2D eigenvalue weighted by Crippen LogP contribution is -2.45. The number of carbonyl (C=O) groups excluding carboxylic acids is 2. The number of esters is 1. The normalized spacial score (nSPS) is 21.3. The summed E-state index contributed by atoms with van der Waals surface area (Å²) in [5.41, 5.74) is 0.0493. The Morgan fingerprint density at radius 1 is 1.28 bits per heavy atom. The SMILES string of the molecule is COCCNc1ccc(C(=O)OCC(=O)N[C@H]2CCC[C@@H](C)[C@H]2C)cc1[N+](=O)[O-]. The van der Waals surface area contributed by atoms with E-state index in [0.717, 1.165) is 25.3 Å². The Labute approximate surface area is 170 Å². The molecule has 1 aliphatic rings. The monoisotopic (exact) mass is 407 g/mol. The van der Waals surface area contributed by atoms with Gasteiger partial charge in [0.15, 0.2) is 6.61 Å². The molecule has 1 aromatic rings. The van der Waals surface area contributed by atoms with Crippen LogP contribution < -0.4 is 10.6 Å². The van der Waals surface area contributed by atoms with Crippen molar-refractivity contribution < 1.29 is 24.0 Å². The van der Waals surface area contributed by atoms with Gasteiger partial charge in [0.2, 0.25) is 0 Å². The molecule has 160 valence electrons. The van der Waals surface area contributed by atoms with Gasteiger partial charge < -0.3 is 20.1 Å². The highest BCUT2D eigenvalue weighted by Crippen LogP contribution is 2.29. The van der Waals surface area contributed by atoms with Crippen LogP contribution in [0.25, 0.3) is 0 Å². The number of benzene rings is 1. The van der Waals surface area contributed by atoms with Crippen molar-refractivity contribution in [3.8, 4) is 0 Å². The molecule has 0 unspecified atom stereocenters. The van der Waals surface area contributed by atoms with Crippen molar-refractivity contribution in [3.63, 3.8) is 0 Å². The molecular formula is C20H29N3O6. The van der Waals surface area contributed by atoms with Crippen molar-refractivity contribution in [2.75, 3.05) is 32.2 Å². The predicted octanol–water partition coefficient (Wildman–Crippen LogP) is 2.75. The molecule has 0 aromatic heterocycles. The summed E-state index contributed by atoms with van der Waals surface area (Å²) in [6.07, 6.45) is 3.12. The van der Waals surface area contributed by atoms with Crippen LogP contribution in [0.15, 0.2) is 18.2 Å². The standard InChI is InChI=1S/C20H29N3O6/c1-13-5-4-6-16(14(13)2)22-19(24)12-29-20(25)15-7-8-17(21-9-10-28-3)18(11-15)23(26)27/h7-8,11,13-14,16,21H,4-6,9-10,12H2,1-3H3,(H,22,24)/t13-,14-,16+/m1/s1. The van der Waals surface area contributed by atoms with E-state index < -0.39 is 17.5 Å². The molecule has 2 N–H and O–H groups in total. The second-order valence-corrected chi connectivity index (χ2v) is 7.43. The van der Waals surface area contributed by atoms with Gasteiger partial charge in [-0.25, -0.2) is 4.79 Å². The zero-order chi connectivity index (χ0) is 21.4. The molecular weight excluding hydrogens is 378 g/mol. The fourth-order valence-corrected chi connectivity index (χ4v) is 3.50. The van der Waals surface area contributed by atoms with Gasteiger partial charge in [-0.1, -0.05) is 26.7 Å². The quantitative estimate of drug-likeness (QED) is 0.279. The fraction of sp³-hybridized carbons (Fsp3) is 0.600. The summed E-state index contributed by atoms with van der Waals surface area (Å²) in [6, 6.07) is 4.08. The molecule has 0 radical (unpaired) electrons. The van der Waals surface area contributed by atoms with Crippen LogP contribution in [0.1, 0.15) is 43.5 Å². The maximum absolute atomic E-state index is 12.2. The number of hydrogen-bond acceptors (Lipinski definition) is 7. The molecule has 9 heteroatoms. The third-order valence-electron chi connectivity index (χ3n) is 5.44. The summed E-state index contributed by atoms with van der Waals surface area (Å²) in [6.45, 7) is 4.64. The predicted molar refractivity (Wildman–Crippen MR) is 108 cm³/mol. The zero-order valence-electron chi connectivity index (χ0n) is 17.1. The molecule has 0 saturated heterocycles. The van der Waals surface area contributed by atoms with Crippen molar-refractivity contribution >= 4 is 23.3 Å². The third kappa shape index (κ3) is 6.42. The smallest absolute Gasteiger partial charge is 0.338 e. The number of carbonyl (C=O) groups is 2. The Bertz CT molecular complexity index is 739. The number of ether oxygens (including phenoxy) is 2. The second kappa shape index (κ2) is 10.8. The van der Waals surface area contributed by atoms with Gasteiger partial charge in [0.05, 0.1) is 17.1 Å². The van der Waals surface area contributed by atoms with E-state index in [1.807, 2.05) is 0 Å². The molecule has 0 spiro atoms. The van der Waals surface area contributed by atoms with Gasteiger partial charge in [0.25, 0.3) is 11.6 Å². The molecule has 0 aliphatic heterocycles. The van der Waals surface area contributed by atoms with E-state index in [4.69, 9.17) is 9.47 Å². The Morgan fingerprint density at radius 2 is 2.03 bits per heavy atom. The molecule has 1 fully saturated rings. The number of nitro groups is 1. The number of methoxy groups -OCH3 is 1. The third-order valence-corrected chi connectivity index (χ3v) is 5.44. The van der Waals surface area contributed by atoms with E-state index in [9.17, 15) is 19.7 Å². The highest BCUT2D eigenvalue weighted by molar-refractivity contribution is 5.93. The Hall–Kier alpha value is -2.68. The molecule has 1 amide bonds. The number of nitrogens with zero attached hydrogens (tertiary/aromatic N) is 1. The number of rotatable bonds is 9. The molecule has 2 rings (SSSR count). The van der Waals surface area contributed by atoms with E-state index in [1.165, 1.54) is 19.2 Å². The lowest BCUT2D eigenvalue weighted by Gasteiger charge is -2.34. The summed E-state index contributed by atoms with van der Waals surface area (Å²) >= 11 is 0. The first-order valence-electron chi connectivity index (χ1n) is 9.81. The first-order valence-corrected chi connectivity index (χ1v) is 9.81. The highest BCUT2D eigenvalue weighted by atomic mass is 16.6. The van der Waals surface area contributed by atoms with Crippen LogP contribution >= 0.6 is 0 Å². The molecule has 3 atom stereocenters. The minimum Gasteiger partial charge on any atom is -0.452 e. The van der Waals surface area contributed by atoms with Crippen molar-refractivity contribution in [1.29, 1.82) is 0 Å². The Balaban J connectivity index is 1.93. The maximum Gasteiger partial charge on any atom is 0.338 e. The van der Waals surface area contributed by atoms with E-state index in [0.29, 0.717) is 25.0 Å². The molecule has 1 saturated carbocycles. The van der Waals surface area contributed by atoms with Crippen LogP contribution in [0.3, 0.4) is 0 Å². The van der Waals surface area contributed by atoms with Crippen molar-refractivity contribution in [2.24, 2.45) is 11.8 Å². The van der Waals surface area contributed by atoms with Crippen LogP contribution in [0.4, 0.5) is 11.4 Å². The minimum atomic E-state index is -0.781. The van der Waals surface area contributed by atoms with Crippen LogP contribution in [0.5, 0.6) is 0 Å². The van der Waals surface area contributed by atoms with Gasteiger partial charge in [-0.05, 0) is 30.4 Å². The first kappa shape index (κ1) is 22.6. The van der Waals surface area contributed by atoms with Gasteiger partial charge >= 0.3 is 5.97 Å². The Morgan fingerprint density at radius 3 is 2.72 bits per heavy atom. The molecule has 1 aromatic carbocycles. The van der Waals surface area contributed by atoms with Crippen LogP contribution in [-0.4, -0.2) is 49.7 Å². The molecule has 9 nitrogen and oxygen atoms in total. The van der Waals surface area contributed by atoms with E-state index in [-0.39, 0.29) is 28.9 Å². The van der Waals surface area contributed by atoms with E-state index >= 15 is 0 Å². The van der Waals surface area contributed by atoms with Gasteiger partial charge in [0.1, 0.15) is 5.69 Å². The van der Waals surface area contributed by atoms with E-state index in [1.54, 1.807) is 0 Å².